The molecule has 1 saturated heterocycles. The van der Waals surface area contributed by atoms with Crippen LogP contribution < -0.4 is 5.32 Å². The van der Waals surface area contributed by atoms with Gasteiger partial charge < -0.3 is 15.3 Å². The Morgan fingerprint density at radius 3 is 2.93 bits per heavy atom. The predicted octanol–water partition coefficient (Wildman–Crippen LogP) is 0.0600. The minimum Gasteiger partial charge on any atom is -0.481 e. The van der Waals surface area contributed by atoms with Gasteiger partial charge >= 0.3 is 5.97 Å². The zero-order valence-corrected chi connectivity index (χ0v) is 9.19. The van der Waals surface area contributed by atoms with Crippen molar-refractivity contribution in [1.29, 1.82) is 0 Å². The van der Waals surface area contributed by atoms with E-state index in [1.807, 2.05) is 13.8 Å². The lowest BCUT2D eigenvalue weighted by molar-refractivity contribution is -0.145. The molecular weight excluding hydrogens is 196 g/mol. The molecular formula is C10H18N2O3. The fourth-order valence-corrected chi connectivity index (χ4v) is 1.75. The number of nitrogens with zero attached hydrogens (tertiary/aromatic N) is 1. The number of hydrogen-bond donors (Lipinski definition) is 2. The van der Waals surface area contributed by atoms with Crippen LogP contribution in [0.15, 0.2) is 0 Å². The van der Waals surface area contributed by atoms with Crippen LogP contribution in [-0.4, -0.2) is 47.1 Å². The summed E-state index contributed by atoms with van der Waals surface area (Å²) in [6.45, 7) is 5.35. The van der Waals surface area contributed by atoms with Crippen LogP contribution in [0.3, 0.4) is 0 Å². The van der Waals surface area contributed by atoms with Gasteiger partial charge in [0.1, 0.15) is 0 Å². The van der Waals surface area contributed by atoms with E-state index in [9.17, 15) is 9.59 Å². The van der Waals surface area contributed by atoms with Crippen molar-refractivity contribution >= 4 is 11.9 Å². The van der Waals surface area contributed by atoms with Crippen molar-refractivity contribution in [1.82, 2.24) is 10.2 Å². The van der Waals surface area contributed by atoms with Gasteiger partial charge in [-0.15, -0.1) is 0 Å². The molecule has 0 aliphatic carbocycles. The van der Waals surface area contributed by atoms with Gasteiger partial charge in [0.2, 0.25) is 5.91 Å². The average Bonchev–Trinajstić information content (AvgIpc) is 2.19. The third kappa shape index (κ3) is 2.92. The molecule has 0 aromatic heterocycles. The molecule has 0 aromatic rings. The highest BCUT2D eigenvalue weighted by Gasteiger charge is 2.31. The van der Waals surface area contributed by atoms with Gasteiger partial charge in [0.25, 0.3) is 0 Å². The molecule has 2 unspecified atom stereocenters. The van der Waals surface area contributed by atoms with Gasteiger partial charge in [0, 0.05) is 19.1 Å². The summed E-state index contributed by atoms with van der Waals surface area (Å²) in [6.07, 6.45) is 0.761. The van der Waals surface area contributed by atoms with Gasteiger partial charge in [-0.2, -0.15) is 0 Å². The van der Waals surface area contributed by atoms with Crippen molar-refractivity contribution in [2.24, 2.45) is 0 Å². The molecule has 86 valence electrons. The van der Waals surface area contributed by atoms with E-state index >= 15 is 0 Å². The number of carbonyl (C=O) groups is 2. The number of aliphatic carboxylic acids is 1. The molecule has 1 aliphatic heterocycles. The van der Waals surface area contributed by atoms with E-state index in [1.165, 1.54) is 0 Å². The van der Waals surface area contributed by atoms with E-state index in [1.54, 1.807) is 4.90 Å². The molecule has 0 radical (unpaired) electrons. The number of rotatable bonds is 4. The van der Waals surface area contributed by atoms with Gasteiger partial charge in [0.15, 0.2) is 0 Å². The Morgan fingerprint density at radius 1 is 1.73 bits per heavy atom. The number of carboxylic acid groups (broad SMARTS) is 1. The molecule has 0 aromatic carbocycles. The molecule has 1 aliphatic rings. The minimum atomic E-state index is -0.938. The van der Waals surface area contributed by atoms with E-state index in [2.05, 4.69) is 5.32 Å². The molecule has 2 N–H and O–H groups in total. The average molecular weight is 214 g/mol. The van der Waals surface area contributed by atoms with Crippen LogP contribution in [0.25, 0.3) is 0 Å². The minimum absolute atomic E-state index is 0.0852. The zero-order valence-electron chi connectivity index (χ0n) is 9.19. The molecule has 0 bridgehead atoms. The molecule has 15 heavy (non-hydrogen) atoms. The Labute approximate surface area is 89.4 Å². The lowest BCUT2D eigenvalue weighted by atomic mass is 10.1. The molecule has 1 heterocycles. The molecule has 1 amide bonds. The quantitative estimate of drug-likeness (QED) is 0.694. The zero-order chi connectivity index (χ0) is 11.4. The second kappa shape index (κ2) is 5.11. The van der Waals surface area contributed by atoms with E-state index in [-0.39, 0.29) is 18.4 Å². The SMILES string of the molecule is CCC(C)N1CCNC(CC(=O)O)C1=O. The summed E-state index contributed by atoms with van der Waals surface area (Å²) in [5, 5.41) is 11.6. The van der Waals surface area contributed by atoms with Crippen LogP contribution >= 0.6 is 0 Å². The van der Waals surface area contributed by atoms with Crippen LogP contribution in [0, 0.1) is 0 Å². The van der Waals surface area contributed by atoms with E-state index in [0.717, 1.165) is 6.42 Å². The van der Waals surface area contributed by atoms with E-state index < -0.39 is 12.0 Å². The van der Waals surface area contributed by atoms with Crippen LogP contribution in [0.2, 0.25) is 0 Å². The number of piperazine rings is 1. The van der Waals surface area contributed by atoms with Crippen molar-refractivity contribution in [3.8, 4) is 0 Å². The van der Waals surface area contributed by atoms with Crippen LogP contribution in [-0.2, 0) is 9.59 Å². The van der Waals surface area contributed by atoms with Gasteiger partial charge in [-0.3, -0.25) is 9.59 Å². The second-order valence-corrected chi connectivity index (χ2v) is 3.89. The number of carboxylic acids is 1. The first kappa shape index (κ1) is 12.0. The largest absolute Gasteiger partial charge is 0.481 e. The summed E-state index contributed by atoms with van der Waals surface area (Å²) < 4.78 is 0. The van der Waals surface area contributed by atoms with Crippen molar-refractivity contribution in [3.05, 3.63) is 0 Å². The molecule has 0 saturated carbocycles. The van der Waals surface area contributed by atoms with Crippen LogP contribution in [0.5, 0.6) is 0 Å². The molecule has 1 fully saturated rings. The fraction of sp³-hybridized carbons (Fsp3) is 0.800. The highest BCUT2D eigenvalue weighted by molar-refractivity contribution is 5.87. The topological polar surface area (TPSA) is 69.6 Å². The third-order valence-corrected chi connectivity index (χ3v) is 2.83. The highest BCUT2D eigenvalue weighted by atomic mass is 16.4. The summed E-state index contributed by atoms with van der Waals surface area (Å²) in [4.78, 5) is 24.2. The lowest BCUT2D eigenvalue weighted by Crippen LogP contribution is -2.57. The maximum atomic E-state index is 11.9. The molecule has 5 nitrogen and oxygen atoms in total. The molecule has 5 heteroatoms. The number of carbonyl (C=O) groups excluding carboxylic acids is 1. The maximum absolute atomic E-state index is 11.9. The highest BCUT2D eigenvalue weighted by Crippen LogP contribution is 2.11. The molecule has 2 atom stereocenters. The number of amides is 1. The third-order valence-electron chi connectivity index (χ3n) is 2.83. The summed E-state index contributed by atoms with van der Waals surface area (Å²) in [7, 11) is 0. The Hall–Kier alpha value is -1.10. The molecule has 0 spiro atoms. The lowest BCUT2D eigenvalue weighted by Gasteiger charge is -2.36. The van der Waals surface area contributed by atoms with Gasteiger partial charge in [-0.05, 0) is 13.3 Å². The smallest absolute Gasteiger partial charge is 0.305 e. The Kier molecular flexibility index (Phi) is 4.08. The van der Waals surface area contributed by atoms with Gasteiger partial charge in [0.05, 0.1) is 12.5 Å². The Bertz CT molecular complexity index is 255. The van der Waals surface area contributed by atoms with E-state index in [0.29, 0.717) is 13.1 Å². The summed E-state index contributed by atoms with van der Waals surface area (Å²) in [5.41, 5.74) is 0. The fourth-order valence-electron chi connectivity index (χ4n) is 1.75. The number of hydrogen-bond acceptors (Lipinski definition) is 3. The summed E-state index contributed by atoms with van der Waals surface area (Å²) in [6, 6.07) is -0.360. The normalized spacial score (nSPS) is 24.0. The maximum Gasteiger partial charge on any atom is 0.305 e. The van der Waals surface area contributed by atoms with Crippen molar-refractivity contribution < 1.29 is 14.7 Å². The standard InChI is InChI=1S/C10H18N2O3/c1-3-7(2)12-5-4-11-8(10(12)15)6-9(13)14/h7-8,11H,3-6H2,1-2H3,(H,13,14). The summed E-state index contributed by atoms with van der Waals surface area (Å²) in [5.74, 6) is -1.02. The molecule has 1 rings (SSSR count). The first-order chi connectivity index (χ1) is 7.06. The predicted molar refractivity (Wildman–Crippen MR) is 55.5 cm³/mol. The van der Waals surface area contributed by atoms with Crippen LogP contribution in [0.4, 0.5) is 0 Å². The Morgan fingerprint density at radius 2 is 2.40 bits per heavy atom. The van der Waals surface area contributed by atoms with Crippen molar-refractivity contribution in [3.63, 3.8) is 0 Å². The van der Waals surface area contributed by atoms with Crippen molar-refractivity contribution in [2.45, 2.75) is 38.8 Å². The van der Waals surface area contributed by atoms with Crippen molar-refractivity contribution in [2.75, 3.05) is 13.1 Å². The first-order valence-electron chi connectivity index (χ1n) is 5.32. The number of nitrogens with one attached hydrogen (secondary N) is 1. The van der Waals surface area contributed by atoms with Gasteiger partial charge in [-0.1, -0.05) is 6.92 Å². The van der Waals surface area contributed by atoms with Crippen LogP contribution in [0.1, 0.15) is 26.7 Å². The van der Waals surface area contributed by atoms with E-state index in [4.69, 9.17) is 5.11 Å². The van der Waals surface area contributed by atoms with Gasteiger partial charge in [-0.25, -0.2) is 0 Å². The monoisotopic (exact) mass is 214 g/mol. The second-order valence-electron chi connectivity index (χ2n) is 3.89. The summed E-state index contributed by atoms with van der Waals surface area (Å²) >= 11 is 0. The first-order valence-corrected chi connectivity index (χ1v) is 5.32. The Balaban J connectivity index is 2.62.